The molecule has 0 aromatic carbocycles. The highest BCUT2D eigenvalue weighted by Gasteiger charge is 2.14. The van der Waals surface area contributed by atoms with Gasteiger partial charge in [0.2, 0.25) is 0 Å². The first-order valence-electron chi connectivity index (χ1n) is 3.58. The Labute approximate surface area is 71.8 Å². The normalized spacial score (nSPS) is 16.2. The first-order chi connectivity index (χ1) is 5.76. The second kappa shape index (κ2) is 6.97. The molecule has 0 aromatic rings. The van der Waals surface area contributed by atoms with Gasteiger partial charge in [-0.25, -0.2) is 0 Å². The fourth-order valence-electron chi connectivity index (χ4n) is 0.784. The standard InChI is InChI=1S/C8H14O4/c1-11-6-7(10)8(12-2)4-3-5-9/h3-5,7-8,10H,6H2,1-2H3/b4-3+/t7-,8+/m1/s1. The topological polar surface area (TPSA) is 55.8 Å². The quantitative estimate of drug-likeness (QED) is 0.446. The lowest BCUT2D eigenvalue weighted by molar-refractivity contribution is -0.104. The molecule has 1 N–H and O–H groups in total. The SMILES string of the molecule is COC[C@@H](O)[C@H](/C=C/C=O)OC. The zero-order valence-electron chi connectivity index (χ0n) is 7.27. The van der Waals surface area contributed by atoms with E-state index in [1.165, 1.54) is 26.4 Å². The molecule has 0 rings (SSSR count). The van der Waals surface area contributed by atoms with Crippen LogP contribution in [0.5, 0.6) is 0 Å². The Bertz CT molecular complexity index is 144. The summed E-state index contributed by atoms with van der Waals surface area (Å²) in [7, 11) is 2.94. The van der Waals surface area contributed by atoms with Gasteiger partial charge in [-0.1, -0.05) is 6.08 Å². The van der Waals surface area contributed by atoms with Crippen molar-refractivity contribution in [3.63, 3.8) is 0 Å². The first kappa shape index (κ1) is 11.3. The molecule has 0 aromatic heterocycles. The minimum atomic E-state index is -0.740. The van der Waals surface area contributed by atoms with Crippen LogP contribution in [0, 0.1) is 0 Å². The van der Waals surface area contributed by atoms with Crippen LogP contribution in [-0.2, 0) is 14.3 Å². The molecule has 0 saturated carbocycles. The van der Waals surface area contributed by atoms with E-state index >= 15 is 0 Å². The average molecular weight is 174 g/mol. The van der Waals surface area contributed by atoms with Crippen LogP contribution in [0.25, 0.3) is 0 Å². The van der Waals surface area contributed by atoms with Gasteiger partial charge < -0.3 is 14.6 Å². The van der Waals surface area contributed by atoms with E-state index in [2.05, 4.69) is 0 Å². The maximum atomic E-state index is 9.95. The van der Waals surface area contributed by atoms with E-state index in [1.807, 2.05) is 0 Å². The van der Waals surface area contributed by atoms with Crippen LogP contribution < -0.4 is 0 Å². The molecule has 0 saturated heterocycles. The molecule has 0 heterocycles. The Morgan fingerprint density at radius 3 is 2.58 bits per heavy atom. The number of aliphatic hydroxyl groups is 1. The maximum Gasteiger partial charge on any atom is 0.142 e. The van der Waals surface area contributed by atoms with E-state index in [1.54, 1.807) is 0 Å². The van der Waals surface area contributed by atoms with E-state index in [-0.39, 0.29) is 6.61 Å². The number of aliphatic hydroxyl groups excluding tert-OH is 1. The van der Waals surface area contributed by atoms with Gasteiger partial charge in [-0.3, -0.25) is 4.79 Å². The molecule has 12 heavy (non-hydrogen) atoms. The van der Waals surface area contributed by atoms with Crippen molar-refractivity contribution < 1.29 is 19.4 Å². The summed E-state index contributed by atoms with van der Waals surface area (Å²) in [5, 5.41) is 9.32. The van der Waals surface area contributed by atoms with E-state index < -0.39 is 12.2 Å². The Kier molecular flexibility index (Phi) is 6.55. The number of hydrogen-bond acceptors (Lipinski definition) is 4. The zero-order chi connectivity index (χ0) is 9.40. The lowest BCUT2D eigenvalue weighted by Gasteiger charge is -2.16. The maximum absolute atomic E-state index is 9.95. The number of methoxy groups -OCH3 is 2. The Hall–Kier alpha value is -0.710. The van der Waals surface area contributed by atoms with Gasteiger partial charge in [0, 0.05) is 14.2 Å². The molecule has 0 bridgehead atoms. The van der Waals surface area contributed by atoms with Crippen molar-refractivity contribution in [2.24, 2.45) is 0 Å². The summed E-state index contributed by atoms with van der Waals surface area (Å²) in [6.45, 7) is 0.182. The highest BCUT2D eigenvalue weighted by molar-refractivity contribution is 5.64. The van der Waals surface area contributed by atoms with Crippen molar-refractivity contribution in [3.05, 3.63) is 12.2 Å². The second-order valence-electron chi connectivity index (χ2n) is 2.24. The molecule has 4 nitrogen and oxygen atoms in total. The molecule has 0 unspecified atom stereocenters. The van der Waals surface area contributed by atoms with Gasteiger partial charge in [-0.2, -0.15) is 0 Å². The third kappa shape index (κ3) is 4.23. The fourth-order valence-corrected chi connectivity index (χ4v) is 0.784. The summed E-state index contributed by atoms with van der Waals surface area (Å²) in [6, 6.07) is 0. The highest BCUT2D eigenvalue weighted by Crippen LogP contribution is 2.00. The Balaban J connectivity index is 3.94. The molecule has 0 amide bonds. The van der Waals surface area contributed by atoms with Crippen molar-refractivity contribution in [1.82, 2.24) is 0 Å². The molecule has 0 radical (unpaired) electrons. The molecule has 0 aliphatic carbocycles. The van der Waals surface area contributed by atoms with Gasteiger partial charge in [-0.15, -0.1) is 0 Å². The molecular weight excluding hydrogens is 160 g/mol. The van der Waals surface area contributed by atoms with Gasteiger partial charge in [0.15, 0.2) is 0 Å². The van der Waals surface area contributed by atoms with Crippen molar-refractivity contribution in [2.75, 3.05) is 20.8 Å². The minimum absolute atomic E-state index is 0.182. The zero-order valence-corrected chi connectivity index (χ0v) is 7.27. The largest absolute Gasteiger partial charge is 0.388 e. The second-order valence-corrected chi connectivity index (χ2v) is 2.24. The van der Waals surface area contributed by atoms with Gasteiger partial charge >= 0.3 is 0 Å². The third-order valence-corrected chi connectivity index (χ3v) is 1.37. The molecule has 0 aliphatic rings. The summed E-state index contributed by atoms with van der Waals surface area (Å²) >= 11 is 0. The van der Waals surface area contributed by atoms with Crippen LogP contribution in [0.1, 0.15) is 0 Å². The van der Waals surface area contributed by atoms with Gasteiger partial charge in [0.05, 0.1) is 6.61 Å². The number of ether oxygens (including phenoxy) is 2. The number of hydrogen-bond donors (Lipinski definition) is 1. The van der Waals surface area contributed by atoms with Crippen molar-refractivity contribution in [2.45, 2.75) is 12.2 Å². The van der Waals surface area contributed by atoms with Crippen LogP contribution >= 0.6 is 0 Å². The number of aldehydes is 1. The van der Waals surface area contributed by atoms with Crippen LogP contribution in [0.2, 0.25) is 0 Å². The lowest BCUT2D eigenvalue weighted by atomic mass is 10.2. The molecule has 0 spiro atoms. The van der Waals surface area contributed by atoms with Crippen LogP contribution in [-0.4, -0.2) is 44.4 Å². The summed E-state index contributed by atoms with van der Waals surface area (Å²) in [4.78, 5) is 9.95. The smallest absolute Gasteiger partial charge is 0.142 e. The molecule has 70 valence electrons. The van der Waals surface area contributed by atoms with Crippen LogP contribution in [0.3, 0.4) is 0 Å². The van der Waals surface area contributed by atoms with E-state index in [0.717, 1.165) is 0 Å². The molecule has 0 fully saturated rings. The van der Waals surface area contributed by atoms with E-state index in [9.17, 15) is 9.90 Å². The van der Waals surface area contributed by atoms with Crippen molar-refractivity contribution >= 4 is 6.29 Å². The van der Waals surface area contributed by atoms with Crippen LogP contribution in [0.15, 0.2) is 12.2 Å². The Morgan fingerprint density at radius 1 is 1.50 bits per heavy atom. The van der Waals surface area contributed by atoms with E-state index in [4.69, 9.17) is 9.47 Å². The summed E-state index contributed by atoms with van der Waals surface area (Å²) in [5.41, 5.74) is 0. The fraction of sp³-hybridized carbons (Fsp3) is 0.625. The Morgan fingerprint density at radius 2 is 2.17 bits per heavy atom. The van der Waals surface area contributed by atoms with Crippen molar-refractivity contribution in [1.29, 1.82) is 0 Å². The van der Waals surface area contributed by atoms with Gasteiger partial charge in [0.1, 0.15) is 18.5 Å². The lowest BCUT2D eigenvalue weighted by Crippen LogP contribution is -2.30. The summed E-state index contributed by atoms with van der Waals surface area (Å²) < 4.78 is 9.61. The highest BCUT2D eigenvalue weighted by atomic mass is 16.5. The predicted octanol–water partition coefficient (Wildman–Crippen LogP) is -0.236. The summed E-state index contributed by atoms with van der Waals surface area (Å²) in [6.07, 6.45) is 2.17. The van der Waals surface area contributed by atoms with E-state index in [0.29, 0.717) is 6.29 Å². The monoisotopic (exact) mass is 174 g/mol. The number of carbonyl (C=O) groups excluding carboxylic acids is 1. The predicted molar refractivity (Wildman–Crippen MR) is 43.9 cm³/mol. The number of rotatable bonds is 6. The number of allylic oxidation sites excluding steroid dienone is 1. The number of carbonyl (C=O) groups is 1. The van der Waals surface area contributed by atoms with Crippen LogP contribution in [0.4, 0.5) is 0 Å². The molecule has 2 atom stereocenters. The first-order valence-corrected chi connectivity index (χ1v) is 3.58. The third-order valence-electron chi connectivity index (χ3n) is 1.37. The van der Waals surface area contributed by atoms with Crippen molar-refractivity contribution in [3.8, 4) is 0 Å². The summed E-state index contributed by atoms with van der Waals surface area (Å²) in [5.74, 6) is 0. The molecule has 0 aliphatic heterocycles. The molecular formula is C8H14O4. The minimum Gasteiger partial charge on any atom is -0.388 e. The molecule has 4 heteroatoms. The van der Waals surface area contributed by atoms with Gasteiger partial charge in [-0.05, 0) is 6.08 Å². The average Bonchev–Trinajstić information content (AvgIpc) is 2.06. The van der Waals surface area contributed by atoms with Gasteiger partial charge in [0.25, 0.3) is 0 Å².